The first-order valence-corrected chi connectivity index (χ1v) is 4.25. The van der Waals surface area contributed by atoms with Crippen LogP contribution in [0.5, 0.6) is 0 Å². The van der Waals surface area contributed by atoms with Gasteiger partial charge in [0.2, 0.25) is 0 Å². The molecule has 0 spiro atoms. The molecule has 0 bridgehead atoms. The Morgan fingerprint density at radius 1 is 1.22 bits per heavy atom. The van der Waals surface area contributed by atoms with Crippen LogP contribution in [0.25, 0.3) is 0 Å². The summed E-state index contributed by atoms with van der Waals surface area (Å²) in [5.74, 6) is 3.03. The van der Waals surface area contributed by atoms with Crippen LogP contribution in [-0.4, -0.2) is 0 Å². The topological polar surface area (TPSA) is 0 Å². The van der Waals surface area contributed by atoms with Gasteiger partial charge in [0.25, 0.3) is 0 Å². The molecule has 0 nitrogen and oxygen atoms in total. The lowest BCUT2D eigenvalue weighted by atomic mass is 9.91. The maximum Gasteiger partial charge on any atom is -0.0388 e. The first-order valence-electron chi connectivity index (χ1n) is 4.25. The third kappa shape index (κ3) is 1.28. The Bertz CT molecular complexity index is 86.0. The normalized spacial score (nSPS) is 43.7. The standard InChI is InChI=1S/C9H18/c1-4-9-6-5-7(2)8(9)3/h7-9H,4-6H2,1-3H3/t7-,8+,9-/m0/s1. The van der Waals surface area contributed by atoms with Crippen molar-refractivity contribution in [1.82, 2.24) is 0 Å². The molecule has 1 rings (SSSR count). The van der Waals surface area contributed by atoms with E-state index in [0.29, 0.717) is 0 Å². The van der Waals surface area contributed by atoms with Crippen molar-refractivity contribution in [1.29, 1.82) is 0 Å². The largest absolute Gasteiger partial charge is 0.0651 e. The molecule has 9 heavy (non-hydrogen) atoms. The van der Waals surface area contributed by atoms with Gasteiger partial charge in [0.1, 0.15) is 0 Å². The third-order valence-corrected chi connectivity index (χ3v) is 3.16. The van der Waals surface area contributed by atoms with E-state index in [4.69, 9.17) is 0 Å². The van der Waals surface area contributed by atoms with Gasteiger partial charge in [0.05, 0.1) is 0 Å². The van der Waals surface area contributed by atoms with Crippen LogP contribution in [0.3, 0.4) is 0 Å². The first-order chi connectivity index (χ1) is 4.25. The summed E-state index contributed by atoms with van der Waals surface area (Å²) < 4.78 is 0. The summed E-state index contributed by atoms with van der Waals surface area (Å²) >= 11 is 0. The van der Waals surface area contributed by atoms with Gasteiger partial charge in [-0.25, -0.2) is 0 Å². The molecule has 0 aromatic heterocycles. The summed E-state index contributed by atoms with van der Waals surface area (Å²) in [4.78, 5) is 0. The number of hydrogen-bond donors (Lipinski definition) is 0. The molecule has 3 atom stereocenters. The maximum atomic E-state index is 2.41. The van der Waals surface area contributed by atoms with E-state index in [9.17, 15) is 0 Å². The Hall–Kier alpha value is 0. The summed E-state index contributed by atoms with van der Waals surface area (Å²) in [6.45, 7) is 7.12. The van der Waals surface area contributed by atoms with Crippen molar-refractivity contribution in [2.24, 2.45) is 17.8 Å². The average Bonchev–Trinajstić information content (AvgIpc) is 2.15. The zero-order valence-corrected chi connectivity index (χ0v) is 6.85. The smallest absolute Gasteiger partial charge is 0.0388 e. The van der Waals surface area contributed by atoms with Gasteiger partial charge in [-0.15, -0.1) is 0 Å². The van der Waals surface area contributed by atoms with Gasteiger partial charge < -0.3 is 0 Å². The highest BCUT2D eigenvalue weighted by Gasteiger charge is 2.27. The van der Waals surface area contributed by atoms with E-state index in [1.807, 2.05) is 0 Å². The molecule has 0 saturated heterocycles. The zero-order valence-electron chi connectivity index (χ0n) is 6.85. The maximum absolute atomic E-state index is 2.41. The van der Waals surface area contributed by atoms with Crippen molar-refractivity contribution in [3.8, 4) is 0 Å². The van der Waals surface area contributed by atoms with Crippen LogP contribution in [0, 0.1) is 17.8 Å². The van der Waals surface area contributed by atoms with Crippen LogP contribution >= 0.6 is 0 Å². The van der Waals surface area contributed by atoms with Crippen molar-refractivity contribution in [2.45, 2.75) is 40.0 Å². The fourth-order valence-electron chi connectivity index (χ4n) is 2.04. The van der Waals surface area contributed by atoms with Gasteiger partial charge in [-0.1, -0.05) is 33.6 Å². The number of hydrogen-bond acceptors (Lipinski definition) is 0. The Morgan fingerprint density at radius 2 is 1.89 bits per heavy atom. The van der Waals surface area contributed by atoms with Crippen LogP contribution in [0.4, 0.5) is 0 Å². The second kappa shape index (κ2) is 2.72. The van der Waals surface area contributed by atoms with Gasteiger partial charge in [-0.2, -0.15) is 0 Å². The van der Waals surface area contributed by atoms with E-state index >= 15 is 0 Å². The molecular weight excluding hydrogens is 108 g/mol. The molecule has 1 fully saturated rings. The van der Waals surface area contributed by atoms with Crippen LogP contribution in [0.15, 0.2) is 0 Å². The third-order valence-electron chi connectivity index (χ3n) is 3.16. The summed E-state index contributed by atoms with van der Waals surface area (Å²) in [5, 5.41) is 0. The zero-order chi connectivity index (χ0) is 6.85. The van der Waals surface area contributed by atoms with Gasteiger partial charge >= 0.3 is 0 Å². The molecule has 0 heteroatoms. The Kier molecular flexibility index (Phi) is 2.15. The highest BCUT2D eigenvalue weighted by molar-refractivity contribution is 4.78. The van der Waals surface area contributed by atoms with Crippen LogP contribution in [-0.2, 0) is 0 Å². The molecule has 0 unspecified atom stereocenters. The van der Waals surface area contributed by atoms with Crippen molar-refractivity contribution >= 4 is 0 Å². The minimum Gasteiger partial charge on any atom is -0.0651 e. The van der Waals surface area contributed by atoms with Gasteiger partial charge in [-0.05, 0) is 24.2 Å². The predicted octanol–water partition coefficient (Wildman–Crippen LogP) is 3.08. The fraction of sp³-hybridized carbons (Fsp3) is 1.00. The summed E-state index contributed by atoms with van der Waals surface area (Å²) in [7, 11) is 0. The van der Waals surface area contributed by atoms with Gasteiger partial charge in [0.15, 0.2) is 0 Å². The Labute approximate surface area is 58.7 Å². The monoisotopic (exact) mass is 126 g/mol. The molecule has 54 valence electrons. The molecule has 0 aromatic carbocycles. The molecule has 0 radical (unpaired) electrons. The molecule has 0 aliphatic heterocycles. The minimum atomic E-state index is 0.995. The van der Waals surface area contributed by atoms with Gasteiger partial charge in [0, 0.05) is 0 Å². The van der Waals surface area contributed by atoms with E-state index in [0.717, 1.165) is 17.8 Å². The second-order valence-corrected chi connectivity index (χ2v) is 3.58. The summed E-state index contributed by atoms with van der Waals surface area (Å²) in [6, 6.07) is 0. The Morgan fingerprint density at radius 3 is 2.11 bits per heavy atom. The lowest BCUT2D eigenvalue weighted by Gasteiger charge is -2.15. The van der Waals surface area contributed by atoms with E-state index in [1.54, 1.807) is 0 Å². The van der Waals surface area contributed by atoms with E-state index < -0.39 is 0 Å². The highest BCUT2D eigenvalue weighted by atomic mass is 14.3. The van der Waals surface area contributed by atoms with E-state index in [1.165, 1.54) is 19.3 Å². The summed E-state index contributed by atoms with van der Waals surface area (Å²) in [6.07, 6.45) is 4.35. The van der Waals surface area contributed by atoms with Crippen molar-refractivity contribution in [2.75, 3.05) is 0 Å². The fourth-order valence-corrected chi connectivity index (χ4v) is 2.04. The lowest BCUT2D eigenvalue weighted by molar-refractivity contribution is 0.349. The predicted molar refractivity (Wildman–Crippen MR) is 41.3 cm³/mol. The van der Waals surface area contributed by atoms with Crippen LogP contribution in [0.2, 0.25) is 0 Å². The average molecular weight is 126 g/mol. The van der Waals surface area contributed by atoms with E-state index in [-0.39, 0.29) is 0 Å². The Balaban J connectivity index is 2.41. The molecular formula is C9H18. The molecule has 0 heterocycles. The van der Waals surface area contributed by atoms with E-state index in [2.05, 4.69) is 20.8 Å². The lowest BCUT2D eigenvalue weighted by Crippen LogP contribution is -2.07. The van der Waals surface area contributed by atoms with Crippen molar-refractivity contribution < 1.29 is 0 Å². The van der Waals surface area contributed by atoms with Crippen molar-refractivity contribution in [3.63, 3.8) is 0 Å². The highest BCUT2D eigenvalue weighted by Crippen LogP contribution is 2.37. The molecule has 1 aliphatic carbocycles. The quantitative estimate of drug-likeness (QED) is 0.506. The first kappa shape index (κ1) is 7.11. The number of rotatable bonds is 1. The molecule has 0 aromatic rings. The molecule has 0 amide bonds. The molecule has 0 N–H and O–H groups in total. The minimum absolute atomic E-state index is 0.995. The SMILES string of the molecule is CC[C@H]1CC[C@H](C)[C@H]1C. The second-order valence-electron chi connectivity index (χ2n) is 3.58. The summed E-state index contributed by atoms with van der Waals surface area (Å²) in [5.41, 5.74) is 0. The van der Waals surface area contributed by atoms with Gasteiger partial charge in [-0.3, -0.25) is 0 Å². The van der Waals surface area contributed by atoms with Crippen LogP contribution in [0.1, 0.15) is 40.0 Å². The molecule has 1 aliphatic rings. The van der Waals surface area contributed by atoms with Crippen LogP contribution < -0.4 is 0 Å². The molecule has 1 saturated carbocycles. The van der Waals surface area contributed by atoms with Crippen molar-refractivity contribution in [3.05, 3.63) is 0 Å².